The molecule has 0 heterocycles. The van der Waals surface area contributed by atoms with Crippen molar-refractivity contribution in [2.75, 3.05) is 40.5 Å². The van der Waals surface area contributed by atoms with Gasteiger partial charge in [0.15, 0.2) is 0 Å². The van der Waals surface area contributed by atoms with Crippen LogP contribution < -0.4 is 5.73 Å². The lowest BCUT2D eigenvalue weighted by molar-refractivity contribution is -0.133. The van der Waals surface area contributed by atoms with E-state index in [4.69, 9.17) is 15.2 Å². The van der Waals surface area contributed by atoms with Gasteiger partial charge < -0.3 is 25.2 Å². The van der Waals surface area contributed by atoms with E-state index < -0.39 is 6.04 Å². The second kappa shape index (κ2) is 9.33. The molecule has 0 saturated carbocycles. The first-order valence-electron chi connectivity index (χ1n) is 6.88. The summed E-state index contributed by atoms with van der Waals surface area (Å²) in [5.74, 6) is 0.0673. The van der Waals surface area contributed by atoms with E-state index in [0.29, 0.717) is 32.7 Å². The maximum atomic E-state index is 12.4. The van der Waals surface area contributed by atoms with Gasteiger partial charge in [-0.05, 0) is 24.1 Å². The summed E-state index contributed by atoms with van der Waals surface area (Å²) in [4.78, 5) is 14.0. The third kappa shape index (κ3) is 6.12. The first-order chi connectivity index (χ1) is 10.1. The zero-order valence-corrected chi connectivity index (χ0v) is 12.6. The topological polar surface area (TPSA) is 85.0 Å². The summed E-state index contributed by atoms with van der Waals surface area (Å²) in [6.45, 7) is 1.90. The number of methoxy groups -OCH3 is 2. The zero-order chi connectivity index (χ0) is 15.7. The maximum Gasteiger partial charge on any atom is 0.239 e. The predicted octanol–water partition coefficient (Wildman–Crippen LogP) is 0.383. The number of benzene rings is 1. The first kappa shape index (κ1) is 17.4. The summed E-state index contributed by atoms with van der Waals surface area (Å²) in [5.41, 5.74) is 6.91. The Balaban J connectivity index is 2.60. The molecule has 0 aliphatic carbocycles. The molecule has 0 saturated heterocycles. The molecule has 0 radical (unpaired) electrons. The first-order valence-corrected chi connectivity index (χ1v) is 6.88. The van der Waals surface area contributed by atoms with E-state index in [1.54, 1.807) is 43.4 Å². The third-order valence-electron chi connectivity index (χ3n) is 3.15. The molecular weight excluding hydrogens is 272 g/mol. The van der Waals surface area contributed by atoms with Gasteiger partial charge >= 0.3 is 0 Å². The Morgan fingerprint density at radius 1 is 1.19 bits per heavy atom. The fraction of sp³-hybridized carbons (Fsp3) is 0.533. The summed E-state index contributed by atoms with van der Waals surface area (Å²) in [5, 5.41) is 9.25. The molecule has 0 aliphatic heterocycles. The Morgan fingerprint density at radius 2 is 1.71 bits per heavy atom. The molecule has 6 heteroatoms. The van der Waals surface area contributed by atoms with E-state index in [9.17, 15) is 9.90 Å². The van der Waals surface area contributed by atoms with E-state index in [0.717, 1.165) is 5.56 Å². The lowest BCUT2D eigenvalue weighted by atomic mass is 10.1. The Kier molecular flexibility index (Phi) is 7.74. The number of nitrogens with two attached hydrogens (primary N) is 1. The predicted molar refractivity (Wildman–Crippen MR) is 80.1 cm³/mol. The highest BCUT2D eigenvalue weighted by atomic mass is 16.5. The monoisotopic (exact) mass is 296 g/mol. The molecule has 0 fully saturated rings. The van der Waals surface area contributed by atoms with Crippen molar-refractivity contribution in [2.24, 2.45) is 5.73 Å². The SMILES string of the molecule is COCCN(CCOC)C(=O)[C@@H](N)Cc1ccc(O)cc1. The number of aromatic hydroxyl groups is 1. The standard InChI is InChI=1S/C15H24N2O4/c1-20-9-7-17(8-10-21-2)15(19)14(16)11-12-3-5-13(18)6-4-12/h3-6,14,18H,7-11,16H2,1-2H3/t14-/m0/s1. The Bertz CT molecular complexity index is 414. The van der Waals surface area contributed by atoms with Crippen molar-refractivity contribution in [3.05, 3.63) is 29.8 Å². The quantitative estimate of drug-likeness (QED) is 0.688. The molecule has 3 N–H and O–H groups in total. The number of phenolic OH excluding ortho intramolecular Hbond substituents is 1. The number of hydrogen-bond donors (Lipinski definition) is 2. The number of carbonyl (C=O) groups excluding carboxylic acids is 1. The van der Waals surface area contributed by atoms with Crippen LogP contribution in [0.5, 0.6) is 5.75 Å². The van der Waals surface area contributed by atoms with Crippen LogP contribution in [-0.2, 0) is 20.7 Å². The number of hydrogen-bond acceptors (Lipinski definition) is 5. The van der Waals surface area contributed by atoms with Gasteiger partial charge in [0.2, 0.25) is 5.91 Å². The molecule has 0 aliphatic rings. The van der Waals surface area contributed by atoms with E-state index in [-0.39, 0.29) is 11.7 Å². The number of carbonyl (C=O) groups is 1. The molecule has 1 aromatic rings. The van der Waals surface area contributed by atoms with E-state index >= 15 is 0 Å². The highest BCUT2D eigenvalue weighted by Crippen LogP contribution is 2.11. The summed E-state index contributed by atoms with van der Waals surface area (Å²) in [6, 6.07) is 6.07. The number of rotatable bonds is 9. The summed E-state index contributed by atoms with van der Waals surface area (Å²) in [6.07, 6.45) is 0.426. The minimum Gasteiger partial charge on any atom is -0.508 e. The highest BCUT2D eigenvalue weighted by molar-refractivity contribution is 5.82. The van der Waals surface area contributed by atoms with Crippen molar-refractivity contribution >= 4 is 5.91 Å². The number of amides is 1. The Morgan fingerprint density at radius 3 is 2.19 bits per heavy atom. The zero-order valence-electron chi connectivity index (χ0n) is 12.6. The maximum absolute atomic E-state index is 12.4. The van der Waals surface area contributed by atoms with Crippen LogP contribution in [0.2, 0.25) is 0 Å². The van der Waals surface area contributed by atoms with E-state index in [1.807, 2.05) is 0 Å². The van der Waals surface area contributed by atoms with Crippen molar-refractivity contribution in [2.45, 2.75) is 12.5 Å². The molecule has 21 heavy (non-hydrogen) atoms. The Labute approximate surface area is 125 Å². The van der Waals surface area contributed by atoms with Gasteiger partial charge in [0.1, 0.15) is 5.75 Å². The van der Waals surface area contributed by atoms with Crippen molar-refractivity contribution in [1.29, 1.82) is 0 Å². The molecule has 118 valence electrons. The summed E-state index contributed by atoms with van der Waals surface area (Å²) >= 11 is 0. The van der Waals surface area contributed by atoms with Gasteiger partial charge in [-0.1, -0.05) is 12.1 Å². The molecule has 1 amide bonds. The smallest absolute Gasteiger partial charge is 0.239 e. The molecule has 6 nitrogen and oxygen atoms in total. The van der Waals surface area contributed by atoms with Crippen molar-refractivity contribution in [3.8, 4) is 5.75 Å². The fourth-order valence-electron chi connectivity index (χ4n) is 1.94. The lowest BCUT2D eigenvalue weighted by Crippen LogP contribution is -2.47. The van der Waals surface area contributed by atoms with Crippen molar-refractivity contribution in [1.82, 2.24) is 4.90 Å². The largest absolute Gasteiger partial charge is 0.508 e. The van der Waals surface area contributed by atoms with Crippen molar-refractivity contribution in [3.63, 3.8) is 0 Å². The highest BCUT2D eigenvalue weighted by Gasteiger charge is 2.20. The summed E-state index contributed by atoms with van der Waals surface area (Å²) < 4.78 is 10.0. The van der Waals surface area contributed by atoms with Gasteiger partial charge in [-0.2, -0.15) is 0 Å². The molecule has 1 rings (SSSR count). The number of ether oxygens (including phenoxy) is 2. The van der Waals surface area contributed by atoms with Gasteiger partial charge in [0.05, 0.1) is 19.3 Å². The van der Waals surface area contributed by atoms with E-state index in [2.05, 4.69) is 0 Å². The molecule has 0 aromatic heterocycles. The molecule has 0 unspecified atom stereocenters. The van der Waals surface area contributed by atoms with Gasteiger partial charge in [0.25, 0.3) is 0 Å². The van der Waals surface area contributed by atoms with Crippen LogP contribution in [0.15, 0.2) is 24.3 Å². The van der Waals surface area contributed by atoms with Crippen LogP contribution in [-0.4, -0.2) is 62.5 Å². The molecule has 1 aromatic carbocycles. The third-order valence-corrected chi connectivity index (χ3v) is 3.15. The molecular formula is C15H24N2O4. The van der Waals surface area contributed by atoms with Crippen LogP contribution in [0.25, 0.3) is 0 Å². The van der Waals surface area contributed by atoms with Crippen LogP contribution in [0.3, 0.4) is 0 Å². The van der Waals surface area contributed by atoms with Gasteiger partial charge in [-0.15, -0.1) is 0 Å². The second-order valence-electron chi connectivity index (χ2n) is 4.79. The van der Waals surface area contributed by atoms with Crippen LogP contribution in [0.1, 0.15) is 5.56 Å². The van der Waals surface area contributed by atoms with Crippen LogP contribution in [0.4, 0.5) is 0 Å². The average Bonchev–Trinajstić information content (AvgIpc) is 2.49. The van der Waals surface area contributed by atoms with Gasteiger partial charge in [0, 0.05) is 27.3 Å². The van der Waals surface area contributed by atoms with Crippen LogP contribution >= 0.6 is 0 Å². The minimum atomic E-state index is -0.622. The molecule has 1 atom stereocenters. The normalized spacial score (nSPS) is 12.1. The van der Waals surface area contributed by atoms with Gasteiger partial charge in [-0.25, -0.2) is 0 Å². The van der Waals surface area contributed by atoms with E-state index in [1.165, 1.54) is 0 Å². The van der Waals surface area contributed by atoms with Gasteiger partial charge in [-0.3, -0.25) is 4.79 Å². The minimum absolute atomic E-state index is 0.128. The Hall–Kier alpha value is -1.63. The number of phenols is 1. The second-order valence-corrected chi connectivity index (χ2v) is 4.79. The fourth-order valence-corrected chi connectivity index (χ4v) is 1.94. The average molecular weight is 296 g/mol. The van der Waals surface area contributed by atoms with Crippen molar-refractivity contribution < 1.29 is 19.4 Å². The lowest BCUT2D eigenvalue weighted by Gasteiger charge is -2.25. The summed E-state index contributed by atoms with van der Waals surface area (Å²) in [7, 11) is 3.19. The molecule has 0 spiro atoms. The van der Waals surface area contributed by atoms with Crippen LogP contribution in [0, 0.1) is 0 Å². The molecule has 0 bridgehead atoms. The number of nitrogens with zero attached hydrogens (tertiary/aromatic N) is 1.